The van der Waals surface area contributed by atoms with E-state index >= 15 is 0 Å². The summed E-state index contributed by atoms with van der Waals surface area (Å²) in [6.45, 7) is 2.39. The molecule has 2 atom stereocenters. The smallest absolute Gasteiger partial charge is 0.307 e. The number of aromatic nitrogens is 3. The van der Waals surface area contributed by atoms with Crippen molar-refractivity contribution in [2.75, 3.05) is 6.54 Å². The predicted molar refractivity (Wildman–Crippen MR) is 72.6 cm³/mol. The highest BCUT2D eigenvalue weighted by Crippen LogP contribution is 2.30. The zero-order chi connectivity index (χ0) is 14.1. The Hall–Kier alpha value is -2.21. The van der Waals surface area contributed by atoms with Crippen LogP contribution >= 0.6 is 0 Å². The number of carboxylic acids is 1. The number of benzene rings is 1. The van der Waals surface area contributed by atoms with E-state index in [1.165, 1.54) is 0 Å². The van der Waals surface area contributed by atoms with Gasteiger partial charge in [0.2, 0.25) is 0 Å². The van der Waals surface area contributed by atoms with Crippen molar-refractivity contribution in [1.82, 2.24) is 20.3 Å². The van der Waals surface area contributed by atoms with Gasteiger partial charge < -0.3 is 10.4 Å². The summed E-state index contributed by atoms with van der Waals surface area (Å²) in [7, 11) is 0. The first-order valence-corrected chi connectivity index (χ1v) is 6.59. The minimum absolute atomic E-state index is 0.0265. The van der Waals surface area contributed by atoms with Gasteiger partial charge in [-0.1, -0.05) is 18.2 Å². The van der Waals surface area contributed by atoms with E-state index in [0.29, 0.717) is 13.0 Å². The van der Waals surface area contributed by atoms with Crippen LogP contribution in [0.3, 0.4) is 0 Å². The summed E-state index contributed by atoms with van der Waals surface area (Å²) in [5, 5.41) is 20.9. The number of nitrogens with one attached hydrogen (secondary N) is 1. The molecule has 1 aromatic heterocycles. The number of hydrogen-bond donors (Lipinski definition) is 2. The van der Waals surface area contributed by atoms with Gasteiger partial charge in [-0.2, -0.15) is 15.0 Å². The maximum Gasteiger partial charge on any atom is 0.307 e. The van der Waals surface area contributed by atoms with Gasteiger partial charge in [-0.25, -0.2) is 0 Å². The molecule has 2 aromatic rings. The van der Waals surface area contributed by atoms with Crippen LogP contribution in [0.2, 0.25) is 0 Å². The Morgan fingerprint density at radius 1 is 1.45 bits per heavy atom. The van der Waals surface area contributed by atoms with E-state index in [-0.39, 0.29) is 12.0 Å². The zero-order valence-corrected chi connectivity index (χ0v) is 11.2. The molecule has 1 aliphatic heterocycles. The molecule has 0 amide bonds. The van der Waals surface area contributed by atoms with Gasteiger partial charge in [0, 0.05) is 12.6 Å². The molecule has 1 fully saturated rings. The molecule has 20 heavy (non-hydrogen) atoms. The summed E-state index contributed by atoms with van der Waals surface area (Å²) in [5.74, 6) is -1.08. The topological polar surface area (TPSA) is 80.0 Å². The van der Waals surface area contributed by atoms with Crippen LogP contribution in [0.1, 0.15) is 23.7 Å². The largest absolute Gasteiger partial charge is 0.481 e. The molecular weight excluding hydrogens is 256 g/mol. The lowest BCUT2D eigenvalue weighted by molar-refractivity contribution is -0.141. The SMILES string of the molecule is Cc1cnn(-c2ccccc2C2CC(C(=O)O)CN2)n1. The average molecular weight is 272 g/mol. The van der Waals surface area contributed by atoms with Gasteiger partial charge in [-0.3, -0.25) is 4.79 Å². The minimum atomic E-state index is -0.745. The molecule has 6 heteroatoms. The van der Waals surface area contributed by atoms with Crippen LogP contribution in [-0.2, 0) is 4.79 Å². The summed E-state index contributed by atoms with van der Waals surface area (Å²) >= 11 is 0. The molecular formula is C14H16N4O2. The van der Waals surface area contributed by atoms with Crippen molar-refractivity contribution >= 4 is 5.97 Å². The van der Waals surface area contributed by atoms with Crippen molar-refractivity contribution in [3.63, 3.8) is 0 Å². The first-order valence-electron chi connectivity index (χ1n) is 6.59. The number of carboxylic acid groups (broad SMARTS) is 1. The van der Waals surface area contributed by atoms with Gasteiger partial charge in [0.25, 0.3) is 0 Å². The third kappa shape index (κ3) is 2.30. The fourth-order valence-corrected chi connectivity index (χ4v) is 2.58. The highest BCUT2D eigenvalue weighted by molar-refractivity contribution is 5.71. The normalized spacial score (nSPS) is 22.1. The number of para-hydroxylation sites is 1. The van der Waals surface area contributed by atoms with Gasteiger partial charge in [-0.15, -0.1) is 0 Å². The van der Waals surface area contributed by atoms with Crippen LogP contribution in [0, 0.1) is 12.8 Å². The molecule has 6 nitrogen and oxygen atoms in total. The number of aryl methyl sites for hydroxylation is 1. The summed E-state index contributed by atoms with van der Waals surface area (Å²) in [6, 6.07) is 7.85. The molecule has 2 N–H and O–H groups in total. The van der Waals surface area contributed by atoms with Crippen LogP contribution in [-0.4, -0.2) is 32.6 Å². The van der Waals surface area contributed by atoms with Gasteiger partial charge in [0.1, 0.15) is 0 Å². The molecule has 2 unspecified atom stereocenters. The van der Waals surface area contributed by atoms with Crippen molar-refractivity contribution in [3.05, 3.63) is 41.7 Å². The second-order valence-electron chi connectivity index (χ2n) is 5.07. The summed E-state index contributed by atoms with van der Waals surface area (Å²) < 4.78 is 0. The minimum Gasteiger partial charge on any atom is -0.481 e. The number of carbonyl (C=O) groups is 1. The molecule has 0 radical (unpaired) electrons. The molecule has 0 saturated carbocycles. The van der Waals surface area contributed by atoms with Gasteiger partial charge in [0.05, 0.1) is 23.5 Å². The molecule has 1 aliphatic rings. The van der Waals surface area contributed by atoms with Gasteiger partial charge in [-0.05, 0) is 25.0 Å². The van der Waals surface area contributed by atoms with Crippen molar-refractivity contribution in [3.8, 4) is 5.69 Å². The van der Waals surface area contributed by atoms with Crippen LogP contribution in [0.5, 0.6) is 0 Å². The summed E-state index contributed by atoms with van der Waals surface area (Å²) in [5.41, 5.74) is 2.78. The van der Waals surface area contributed by atoms with E-state index in [1.54, 1.807) is 11.0 Å². The average Bonchev–Trinajstić information content (AvgIpc) is 3.07. The molecule has 0 bridgehead atoms. The maximum atomic E-state index is 11.1. The van der Waals surface area contributed by atoms with E-state index < -0.39 is 5.97 Å². The summed E-state index contributed by atoms with van der Waals surface area (Å²) in [4.78, 5) is 12.7. The van der Waals surface area contributed by atoms with E-state index in [1.807, 2.05) is 31.2 Å². The van der Waals surface area contributed by atoms with Crippen molar-refractivity contribution in [2.24, 2.45) is 5.92 Å². The van der Waals surface area contributed by atoms with Crippen LogP contribution in [0.15, 0.2) is 30.5 Å². The van der Waals surface area contributed by atoms with Gasteiger partial charge >= 0.3 is 5.97 Å². The van der Waals surface area contributed by atoms with E-state index in [2.05, 4.69) is 15.5 Å². The highest BCUT2D eigenvalue weighted by atomic mass is 16.4. The van der Waals surface area contributed by atoms with Crippen molar-refractivity contribution in [1.29, 1.82) is 0 Å². The number of nitrogens with zero attached hydrogens (tertiary/aromatic N) is 3. The second kappa shape index (κ2) is 5.05. The Morgan fingerprint density at radius 3 is 2.90 bits per heavy atom. The zero-order valence-electron chi connectivity index (χ0n) is 11.2. The Labute approximate surface area is 116 Å². The van der Waals surface area contributed by atoms with E-state index in [0.717, 1.165) is 16.9 Å². The monoisotopic (exact) mass is 272 g/mol. The fourth-order valence-electron chi connectivity index (χ4n) is 2.58. The lowest BCUT2D eigenvalue weighted by atomic mass is 9.99. The molecule has 3 rings (SSSR count). The second-order valence-corrected chi connectivity index (χ2v) is 5.07. The third-order valence-corrected chi connectivity index (χ3v) is 3.61. The molecule has 0 aliphatic carbocycles. The number of rotatable bonds is 3. The van der Waals surface area contributed by atoms with Crippen LogP contribution < -0.4 is 5.32 Å². The molecule has 104 valence electrons. The molecule has 2 heterocycles. The first kappa shape index (κ1) is 12.8. The summed E-state index contributed by atoms with van der Waals surface area (Å²) in [6.07, 6.45) is 2.30. The molecule has 0 spiro atoms. The third-order valence-electron chi connectivity index (χ3n) is 3.61. The molecule has 1 saturated heterocycles. The number of aliphatic carboxylic acids is 1. The Kier molecular flexibility index (Phi) is 3.23. The lowest BCUT2D eigenvalue weighted by Gasteiger charge is -2.14. The number of hydrogen-bond acceptors (Lipinski definition) is 4. The maximum absolute atomic E-state index is 11.1. The highest BCUT2D eigenvalue weighted by Gasteiger charge is 2.31. The molecule has 1 aromatic carbocycles. The van der Waals surface area contributed by atoms with Gasteiger partial charge in [0.15, 0.2) is 0 Å². The Morgan fingerprint density at radius 2 is 2.25 bits per heavy atom. The predicted octanol–water partition coefficient (Wildman–Crippen LogP) is 1.31. The van der Waals surface area contributed by atoms with E-state index in [4.69, 9.17) is 5.11 Å². The quantitative estimate of drug-likeness (QED) is 0.880. The fraction of sp³-hybridized carbons (Fsp3) is 0.357. The van der Waals surface area contributed by atoms with Crippen molar-refractivity contribution in [2.45, 2.75) is 19.4 Å². The lowest BCUT2D eigenvalue weighted by Crippen LogP contribution is -2.18. The van der Waals surface area contributed by atoms with Crippen LogP contribution in [0.4, 0.5) is 0 Å². The van der Waals surface area contributed by atoms with Crippen LogP contribution in [0.25, 0.3) is 5.69 Å². The standard InChI is InChI=1S/C14H16N4O2/c1-9-7-16-18(17-9)13-5-3-2-4-11(13)12-6-10(8-15-12)14(19)20/h2-5,7,10,12,15H,6,8H2,1H3,(H,19,20). The van der Waals surface area contributed by atoms with Crippen molar-refractivity contribution < 1.29 is 9.90 Å². The Balaban J connectivity index is 1.93. The van der Waals surface area contributed by atoms with E-state index in [9.17, 15) is 4.79 Å². The first-order chi connectivity index (χ1) is 9.65. The Bertz CT molecular complexity index is 638.